The van der Waals surface area contributed by atoms with Crippen LogP contribution in [-0.2, 0) is 17.8 Å². The first kappa shape index (κ1) is 18.3. The molecular formula is C19H23ClN2O2. The summed E-state index contributed by atoms with van der Waals surface area (Å²) in [7, 11) is 0. The van der Waals surface area contributed by atoms with E-state index in [4.69, 9.17) is 22.1 Å². The van der Waals surface area contributed by atoms with Gasteiger partial charge < -0.3 is 15.8 Å². The number of rotatable bonds is 7. The van der Waals surface area contributed by atoms with Gasteiger partial charge in [0.1, 0.15) is 12.4 Å². The van der Waals surface area contributed by atoms with Crippen molar-refractivity contribution in [1.82, 2.24) is 5.32 Å². The summed E-state index contributed by atoms with van der Waals surface area (Å²) in [5, 5.41) is 3.51. The molecular weight excluding hydrogens is 324 g/mol. The highest BCUT2D eigenvalue weighted by Gasteiger charge is 2.12. The number of halogens is 1. The summed E-state index contributed by atoms with van der Waals surface area (Å²) in [5.41, 5.74) is 7.25. The van der Waals surface area contributed by atoms with Gasteiger partial charge in [0.05, 0.1) is 6.42 Å². The number of amides is 1. The van der Waals surface area contributed by atoms with E-state index in [1.807, 2.05) is 62.4 Å². The van der Waals surface area contributed by atoms with Crippen LogP contribution in [-0.4, -0.2) is 18.0 Å². The Kier molecular flexibility index (Phi) is 6.23. The van der Waals surface area contributed by atoms with Crippen LogP contribution in [0.4, 0.5) is 0 Å². The molecule has 0 aliphatic heterocycles. The molecule has 0 saturated carbocycles. The Balaban J connectivity index is 1.91. The smallest absolute Gasteiger partial charge is 0.224 e. The molecule has 2 rings (SSSR count). The van der Waals surface area contributed by atoms with Gasteiger partial charge in [-0.3, -0.25) is 4.79 Å². The van der Waals surface area contributed by atoms with E-state index >= 15 is 0 Å². The molecule has 0 atom stereocenters. The second-order valence-corrected chi connectivity index (χ2v) is 6.88. The van der Waals surface area contributed by atoms with Crippen molar-refractivity contribution in [3.63, 3.8) is 0 Å². The first-order valence-electron chi connectivity index (χ1n) is 7.84. The monoisotopic (exact) mass is 346 g/mol. The van der Waals surface area contributed by atoms with Gasteiger partial charge in [-0.1, -0.05) is 41.9 Å². The number of nitrogens with two attached hydrogens (primary N) is 1. The van der Waals surface area contributed by atoms with E-state index in [1.165, 1.54) is 0 Å². The fourth-order valence-electron chi connectivity index (χ4n) is 2.10. The van der Waals surface area contributed by atoms with Crippen molar-refractivity contribution >= 4 is 17.5 Å². The number of carbonyl (C=O) groups excluding carboxylic acids is 1. The van der Waals surface area contributed by atoms with Crippen molar-refractivity contribution in [1.29, 1.82) is 0 Å². The minimum Gasteiger partial charge on any atom is -0.489 e. The summed E-state index contributed by atoms with van der Waals surface area (Å²) < 4.78 is 5.77. The lowest BCUT2D eigenvalue weighted by molar-refractivity contribution is -0.120. The SMILES string of the molecule is CC(C)(N)CNC(=O)Cc1cccc(OCc2ccccc2Cl)c1. The lowest BCUT2D eigenvalue weighted by Gasteiger charge is -2.18. The van der Waals surface area contributed by atoms with Crippen LogP contribution in [0.1, 0.15) is 25.0 Å². The molecule has 0 saturated heterocycles. The molecule has 0 aromatic heterocycles. The molecule has 2 aromatic carbocycles. The molecule has 24 heavy (non-hydrogen) atoms. The molecule has 2 aromatic rings. The fourth-order valence-corrected chi connectivity index (χ4v) is 2.29. The largest absolute Gasteiger partial charge is 0.489 e. The first-order valence-corrected chi connectivity index (χ1v) is 8.22. The maximum Gasteiger partial charge on any atom is 0.224 e. The van der Waals surface area contributed by atoms with E-state index in [0.717, 1.165) is 11.1 Å². The lowest BCUT2D eigenvalue weighted by atomic mass is 10.1. The van der Waals surface area contributed by atoms with Crippen LogP contribution in [0.2, 0.25) is 5.02 Å². The van der Waals surface area contributed by atoms with Gasteiger partial charge in [0.15, 0.2) is 0 Å². The quantitative estimate of drug-likeness (QED) is 0.808. The molecule has 1 amide bonds. The summed E-state index contributed by atoms with van der Waals surface area (Å²) in [6, 6.07) is 15.1. The third-order valence-corrected chi connectivity index (χ3v) is 3.73. The van der Waals surface area contributed by atoms with Crippen LogP contribution in [0.15, 0.2) is 48.5 Å². The summed E-state index contributed by atoms with van der Waals surface area (Å²) in [5.74, 6) is 0.649. The van der Waals surface area contributed by atoms with E-state index in [-0.39, 0.29) is 5.91 Å². The Morgan fingerprint density at radius 2 is 1.96 bits per heavy atom. The molecule has 128 valence electrons. The summed E-state index contributed by atoms with van der Waals surface area (Å²) in [4.78, 5) is 12.0. The third-order valence-electron chi connectivity index (χ3n) is 3.36. The van der Waals surface area contributed by atoms with Crippen LogP contribution < -0.4 is 15.8 Å². The van der Waals surface area contributed by atoms with E-state index in [9.17, 15) is 4.79 Å². The summed E-state index contributed by atoms with van der Waals surface area (Å²) in [6.45, 7) is 4.57. The van der Waals surface area contributed by atoms with Gasteiger partial charge in [-0.05, 0) is 37.6 Å². The Morgan fingerprint density at radius 3 is 2.67 bits per heavy atom. The molecule has 0 aliphatic rings. The van der Waals surface area contributed by atoms with Gasteiger partial charge in [-0.15, -0.1) is 0 Å². The van der Waals surface area contributed by atoms with Crippen molar-refractivity contribution in [3.8, 4) is 5.75 Å². The maximum atomic E-state index is 12.0. The average Bonchev–Trinajstić information content (AvgIpc) is 2.52. The predicted molar refractivity (Wildman–Crippen MR) is 97.2 cm³/mol. The standard InChI is InChI=1S/C19H23ClN2O2/c1-19(2,21)13-22-18(23)11-14-6-5-8-16(10-14)24-12-15-7-3-4-9-17(15)20/h3-10H,11-13,21H2,1-2H3,(H,22,23). The number of nitrogens with one attached hydrogen (secondary N) is 1. The van der Waals surface area contributed by atoms with Crippen molar-refractivity contribution in [2.45, 2.75) is 32.4 Å². The second-order valence-electron chi connectivity index (χ2n) is 6.47. The van der Waals surface area contributed by atoms with Crippen LogP contribution >= 0.6 is 11.6 Å². The zero-order chi connectivity index (χ0) is 17.6. The van der Waals surface area contributed by atoms with E-state index in [1.54, 1.807) is 0 Å². The second kappa shape index (κ2) is 8.18. The Bertz CT molecular complexity index is 696. The zero-order valence-electron chi connectivity index (χ0n) is 14.0. The van der Waals surface area contributed by atoms with Crippen molar-refractivity contribution < 1.29 is 9.53 Å². The van der Waals surface area contributed by atoms with Gasteiger partial charge in [0.25, 0.3) is 0 Å². The summed E-state index contributed by atoms with van der Waals surface area (Å²) >= 11 is 6.12. The zero-order valence-corrected chi connectivity index (χ0v) is 14.8. The molecule has 3 N–H and O–H groups in total. The molecule has 0 bridgehead atoms. The van der Waals surface area contributed by atoms with Gasteiger partial charge in [0, 0.05) is 22.7 Å². The van der Waals surface area contributed by atoms with E-state index in [0.29, 0.717) is 30.3 Å². The molecule has 0 unspecified atom stereocenters. The maximum absolute atomic E-state index is 12.0. The molecule has 0 heterocycles. The topological polar surface area (TPSA) is 64.3 Å². The minimum atomic E-state index is -0.421. The number of hydrogen-bond acceptors (Lipinski definition) is 3. The Labute approximate surface area is 148 Å². The lowest BCUT2D eigenvalue weighted by Crippen LogP contribution is -2.45. The number of carbonyl (C=O) groups is 1. The third kappa shape index (κ3) is 6.22. The highest BCUT2D eigenvalue weighted by Crippen LogP contribution is 2.19. The number of ether oxygens (including phenoxy) is 1. The highest BCUT2D eigenvalue weighted by atomic mass is 35.5. The first-order chi connectivity index (χ1) is 11.3. The fraction of sp³-hybridized carbons (Fsp3) is 0.316. The Hall–Kier alpha value is -2.04. The predicted octanol–water partition coefficient (Wildman–Crippen LogP) is 3.32. The highest BCUT2D eigenvalue weighted by molar-refractivity contribution is 6.31. The van der Waals surface area contributed by atoms with Gasteiger partial charge in [0.2, 0.25) is 5.91 Å². The van der Waals surface area contributed by atoms with Crippen LogP contribution in [0.25, 0.3) is 0 Å². The van der Waals surface area contributed by atoms with Gasteiger partial charge in [-0.2, -0.15) is 0 Å². The van der Waals surface area contributed by atoms with Gasteiger partial charge in [-0.25, -0.2) is 0 Å². The van der Waals surface area contributed by atoms with Crippen LogP contribution in [0.5, 0.6) is 5.75 Å². The van der Waals surface area contributed by atoms with Gasteiger partial charge >= 0.3 is 0 Å². The number of hydrogen-bond donors (Lipinski definition) is 2. The summed E-state index contributed by atoms with van der Waals surface area (Å²) in [6.07, 6.45) is 0.291. The van der Waals surface area contributed by atoms with Crippen molar-refractivity contribution in [3.05, 3.63) is 64.7 Å². The molecule has 0 aliphatic carbocycles. The molecule has 5 heteroatoms. The number of benzene rings is 2. The Morgan fingerprint density at radius 1 is 1.21 bits per heavy atom. The van der Waals surface area contributed by atoms with E-state index in [2.05, 4.69) is 5.32 Å². The van der Waals surface area contributed by atoms with Crippen LogP contribution in [0.3, 0.4) is 0 Å². The van der Waals surface area contributed by atoms with Crippen molar-refractivity contribution in [2.24, 2.45) is 5.73 Å². The van der Waals surface area contributed by atoms with Crippen LogP contribution in [0, 0.1) is 0 Å². The molecule has 0 fully saturated rings. The molecule has 0 radical (unpaired) electrons. The molecule has 0 spiro atoms. The molecule has 4 nitrogen and oxygen atoms in total. The van der Waals surface area contributed by atoms with E-state index < -0.39 is 5.54 Å². The normalized spacial score (nSPS) is 11.2. The average molecular weight is 347 g/mol. The van der Waals surface area contributed by atoms with Crippen molar-refractivity contribution in [2.75, 3.05) is 6.54 Å². The minimum absolute atomic E-state index is 0.0585.